The van der Waals surface area contributed by atoms with Crippen LogP contribution in [0.2, 0.25) is 0 Å². The number of thiocarbonyl (C=S) groups is 1. The average molecular weight is 427 g/mol. The minimum Gasteiger partial charge on any atom is -0.378 e. The second kappa shape index (κ2) is 9.91. The van der Waals surface area contributed by atoms with E-state index in [4.69, 9.17) is 17.0 Å². The van der Waals surface area contributed by atoms with Crippen molar-refractivity contribution in [1.29, 1.82) is 0 Å². The lowest BCUT2D eigenvalue weighted by atomic mass is 9.93. The van der Waals surface area contributed by atoms with Crippen LogP contribution in [0.1, 0.15) is 46.8 Å². The van der Waals surface area contributed by atoms with Crippen molar-refractivity contribution in [2.75, 3.05) is 36.5 Å². The van der Waals surface area contributed by atoms with Crippen LogP contribution >= 0.6 is 12.2 Å². The summed E-state index contributed by atoms with van der Waals surface area (Å²) < 4.78 is 5.39. The highest BCUT2D eigenvalue weighted by Gasteiger charge is 2.14. The molecule has 1 heterocycles. The lowest BCUT2D eigenvalue weighted by Crippen LogP contribution is -2.44. The van der Waals surface area contributed by atoms with Gasteiger partial charge in [-0.3, -0.25) is 15.6 Å². The predicted molar refractivity (Wildman–Crippen MR) is 126 cm³/mol. The van der Waals surface area contributed by atoms with Crippen molar-refractivity contribution < 1.29 is 9.53 Å². The number of aryl methyl sites for hydroxylation is 2. The van der Waals surface area contributed by atoms with Crippen LogP contribution in [-0.4, -0.2) is 37.3 Å². The summed E-state index contributed by atoms with van der Waals surface area (Å²) in [6, 6.07) is 12.1. The third kappa shape index (κ3) is 5.49. The van der Waals surface area contributed by atoms with E-state index in [2.05, 4.69) is 60.0 Å². The van der Waals surface area contributed by atoms with E-state index in [-0.39, 0.29) is 5.91 Å². The Morgan fingerprint density at radius 2 is 1.70 bits per heavy atom. The van der Waals surface area contributed by atoms with Crippen molar-refractivity contribution in [1.82, 2.24) is 10.9 Å². The van der Waals surface area contributed by atoms with Crippen molar-refractivity contribution in [2.45, 2.75) is 33.6 Å². The normalized spacial score (nSPS) is 13.8. The fourth-order valence-corrected chi connectivity index (χ4v) is 3.82. The van der Waals surface area contributed by atoms with Crippen molar-refractivity contribution in [3.63, 3.8) is 0 Å². The van der Waals surface area contributed by atoms with Crippen LogP contribution < -0.4 is 21.1 Å². The summed E-state index contributed by atoms with van der Waals surface area (Å²) in [6.45, 7) is 11.6. The second-order valence-electron chi connectivity index (χ2n) is 7.86. The van der Waals surface area contributed by atoms with Crippen LogP contribution in [0.5, 0.6) is 0 Å². The van der Waals surface area contributed by atoms with Gasteiger partial charge >= 0.3 is 0 Å². The van der Waals surface area contributed by atoms with E-state index in [1.54, 1.807) is 0 Å². The monoisotopic (exact) mass is 426 g/mol. The first-order valence-corrected chi connectivity index (χ1v) is 10.7. The van der Waals surface area contributed by atoms with Gasteiger partial charge in [0.2, 0.25) is 0 Å². The summed E-state index contributed by atoms with van der Waals surface area (Å²) in [7, 11) is 0. The van der Waals surface area contributed by atoms with Gasteiger partial charge in [0.1, 0.15) is 0 Å². The van der Waals surface area contributed by atoms with Gasteiger partial charge < -0.3 is 15.0 Å². The Kier molecular flexibility index (Phi) is 7.29. The molecule has 7 heteroatoms. The molecule has 0 saturated carbocycles. The van der Waals surface area contributed by atoms with Crippen molar-refractivity contribution in [3.8, 4) is 0 Å². The molecule has 1 aliphatic heterocycles. The summed E-state index contributed by atoms with van der Waals surface area (Å²) >= 11 is 5.32. The van der Waals surface area contributed by atoms with Crippen LogP contribution in [0.25, 0.3) is 0 Å². The topological polar surface area (TPSA) is 65.6 Å². The van der Waals surface area contributed by atoms with Gasteiger partial charge in [0.15, 0.2) is 5.11 Å². The predicted octanol–water partition coefficient (Wildman–Crippen LogP) is 3.89. The Hall–Kier alpha value is -2.64. The average Bonchev–Trinajstić information content (AvgIpc) is 2.73. The Morgan fingerprint density at radius 1 is 1.03 bits per heavy atom. The third-order valence-corrected chi connectivity index (χ3v) is 5.47. The molecule has 3 N–H and O–H groups in total. The van der Waals surface area contributed by atoms with Gasteiger partial charge in [0.25, 0.3) is 5.91 Å². The Bertz CT molecular complexity index is 906. The molecule has 160 valence electrons. The van der Waals surface area contributed by atoms with Gasteiger partial charge in [-0.05, 0) is 79.0 Å². The molecule has 0 unspecified atom stereocenters. The van der Waals surface area contributed by atoms with Gasteiger partial charge in [0.05, 0.1) is 13.2 Å². The number of carbonyl (C=O) groups excluding carboxylic acids is 1. The maximum atomic E-state index is 12.7. The zero-order chi connectivity index (χ0) is 21.7. The van der Waals surface area contributed by atoms with Gasteiger partial charge in [-0.25, -0.2) is 0 Å². The van der Waals surface area contributed by atoms with E-state index >= 15 is 0 Å². The van der Waals surface area contributed by atoms with Gasteiger partial charge in [-0.15, -0.1) is 0 Å². The SMILES string of the molecule is Cc1cc(C)c(C(C)C)cc1C(=O)NNC(=S)Nc1ccc(N2CCOCC2)cc1. The molecule has 1 aliphatic rings. The molecule has 0 bridgehead atoms. The van der Waals surface area contributed by atoms with Crippen LogP contribution in [0.4, 0.5) is 11.4 Å². The molecule has 3 rings (SSSR count). The summed E-state index contributed by atoms with van der Waals surface area (Å²) in [5, 5.41) is 3.42. The molecule has 2 aromatic rings. The van der Waals surface area contributed by atoms with Crippen LogP contribution in [-0.2, 0) is 4.74 Å². The lowest BCUT2D eigenvalue weighted by molar-refractivity contribution is 0.0943. The molecular formula is C23H30N4O2S. The number of hydrogen-bond acceptors (Lipinski definition) is 4. The summed E-state index contributed by atoms with van der Waals surface area (Å²) in [5.74, 6) is 0.148. The molecule has 0 spiro atoms. The van der Waals surface area contributed by atoms with Crippen molar-refractivity contribution in [2.24, 2.45) is 0 Å². The number of nitrogens with one attached hydrogen (secondary N) is 3. The molecule has 1 saturated heterocycles. The molecular weight excluding hydrogens is 396 g/mol. The molecule has 2 aromatic carbocycles. The van der Waals surface area contributed by atoms with Crippen LogP contribution in [0.15, 0.2) is 36.4 Å². The highest BCUT2D eigenvalue weighted by Crippen LogP contribution is 2.23. The van der Waals surface area contributed by atoms with Gasteiger partial charge in [-0.1, -0.05) is 19.9 Å². The summed E-state index contributed by atoms with van der Waals surface area (Å²) in [6.07, 6.45) is 0. The number of amides is 1. The number of nitrogens with zero attached hydrogens (tertiary/aromatic N) is 1. The zero-order valence-electron chi connectivity index (χ0n) is 18.0. The lowest BCUT2D eigenvalue weighted by Gasteiger charge is -2.29. The number of morpholine rings is 1. The molecule has 0 radical (unpaired) electrons. The first-order valence-electron chi connectivity index (χ1n) is 10.3. The standard InChI is InChI=1S/C23H30N4O2S/c1-15(2)20-14-21(17(4)13-16(20)3)22(28)25-26-23(30)24-18-5-7-19(8-6-18)27-9-11-29-12-10-27/h5-8,13-15H,9-12H2,1-4H3,(H,25,28)(H2,24,26,30). The van der Waals surface area contributed by atoms with E-state index in [0.717, 1.165) is 43.2 Å². The number of benzene rings is 2. The Balaban J connectivity index is 1.55. The molecule has 1 fully saturated rings. The van der Waals surface area contributed by atoms with Gasteiger partial charge in [-0.2, -0.15) is 0 Å². The third-order valence-electron chi connectivity index (χ3n) is 5.27. The van der Waals surface area contributed by atoms with Crippen molar-refractivity contribution >= 4 is 34.6 Å². The van der Waals surface area contributed by atoms with E-state index < -0.39 is 0 Å². The molecule has 1 amide bonds. The van der Waals surface area contributed by atoms with E-state index in [1.807, 2.05) is 25.1 Å². The number of ether oxygens (including phenoxy) is 1. The molecule has 0 aromatic heterocycles. The number of rotatable bonds is 4. The van der Waals surface area contributed by atoms with Crippen LogP contribution in [0.3, 0.4) is 0 Å². The maximum absolute atomic E-state index is 12.7. The maximum Gasteiger partial charge on any atom is 0.269 e. The first kappa shape index (κ1) is 22.1. The number of carbonyl (C=O) groups is 1. The molecule has 0 atom stereocenters. The molecule has 30 heavy (non-hydrogen) atoms. The summed E-state index contributed by atoms with van der Waals surface area (Å²) in [5.41, 5.74) is 11.5. The van der Waals surface area contributed by atoms with E-state index in [0.29, 0.717) is 16.6 Å². The smallest absolute Gasteiger partial charge is 0.269 e. The summed E-state index contributed by atoms with van der Waals surface area (Å²) in [4.78, 5) is 14.9. The highest BCUT2D eigenvalue weighted by atomic mass is 32.1. The Morgan fingerprint density at radius 3 is 2.33 bits per heavy atom. The number of hydrogen-bond donors (Lipinski definition) is 3. The van der Waals surface area contributed by atoms with Gasteiger partial charge in [0, 0.05) is 30.0 Å². The van der Waals surface area contributed by atoms with Crippen LogP contribution in [0, 0.1) is 13.8 Å². The van der Waals surface area contributed by atoms with E-state index in [1.165, 1.54) is 11.1 Å². The minimum atomic E-state index is -0.207. The quantitative estimate of drug-likeness (QED) is 0.509. The van der Waals surface area contributed by atoms with Crippen molar-refractivity contribution in [3.05, 3.63) is 58.7 Å². The Labute approximate surface area is 184 Å². The fourth-order valence-electron chi connectivity index (χ4n) is 3.66. The second-order valence-corrected chi connectivity index (χ2v) is 8.27. The molecule has 6 nitrogen and oxygen atoms in total. The minimum absolute atomic E-state index is 0.207. The highest BCUT2D eigenvalue weighted by molar-refractivity contribution is 7.80. The fraction of sp³-hybridized carbons (Fsp3) is 0.391. The number of anilines is 2. The zero-order valence-corrected chi connectivity index (χ0v) is 18.9. The molecule has 0 aliphatic carbocycles. The first-order chi connectivity index (χ1) is 14.3. The van der Waals surface area contributed by atoms with E-state index in [9.17, 15) is 4.79 Å². The largest absolute Gasteiger partial charge is 0.378 e. The number of hydrazine groups is 1.